The van der Waals surface area contributed by atoms with E-state index in [0.717, 1.165) is 91.8 Å². The monoisotopic (exact) mass is 1940 g/mol. The lowest BCUT2D eigenvalue weighted by atomic mass is 9.92. The zero-order valence-electron chi connectivity index (χ0n) is 79.7. The van der Waals surface area contributed by atoms with Gasteiger partial charge in [-0.05, 0) is 142 Å². The number of carbonyl (C=O) groups excluding carboxylic acids is 8. The Morgan fingerprint density at radius 3 is 0.949 bits per heavy atom. The number of carbonyl (C=O) groups is 8. The molecule has 4 saturated heterocycles. The summed E-state index contributed by atoms with van der Waals surface area (Å²) in [5.41, 5.74) is 20.1. The molecule has 4 aromatic carbocycles. The van der Waals surface area contributed by atoms with Crippen LogP contribution in [0.2, 0.25) is 0 Å². The van der Waals surface area contributed by atoms with Crippen LogP contribution in [0.3, 0.4) is 0 Å². The Kier molecular flexibility index (Phi) is 34.8. The standard InChI is InChI=1S/C25H31N5O3S.2C25H30N4O4S.C25H30N4O3S2/c1-14(2)22(24-27-16(4)28-29-24)25(33)30-12-19(31)11-20(30)21(32)10-7-17-5-8-18(9-6-17)23-15(3)26-13-34-23;1-14(2)22(24-28-27-16(4)33-24)25(32)29-12-19(30)11-20(29)21(31)10-7-17-5-8-18(9-6-17)23-15(3)26-13-34-23;1-14(2)22(24-27-16(4)28-33-24)25(32)29-12-19(30)11-20(29)21(31)10-7-17-5-8-18(9-6-17)23-15(3)26-13-34-23;1-14(2)22(24-28-27-16(4)34-24)25(32)29-12-19(30)11-20(29)21(31)10-7-17-5-8-18(9-6-17)23-15(3)26-13-33-23/h5-6,8-9,13-14,19-20,22,31H,7,10-12H2,1-4H3,(H,27,28,29);3*5-6,8-9,13-14,19-20,22,30H,7,10-12H2,1-4H3/t4*19-,20+,22-/m1111/s1. The molecule has 0 unspecified atom stereocenters. The topological polar surface area (TPSA) is 427 Å². The highest BCUT2D eigenvalue weighted by Crippen LogP contribution is 2.39. The molecule has 0 bridgehead atoms. The molecule has 0 spiro atoms. The van der Waals surface area contributed by atoms with Crippen LogP contribution >= 0.6 is 56.7 Å². The molecule has 4 aliphatic heterocycles. The molecular weight excluding hydrogens is 1820 g/mol. The Morgan fingerprint density at radius 2 is 0.699 bits per heavy atom. The molecule has 12 aromatic rings. The van der Waals surface area contributed by atoms with Crippen molar-refractivity contribution in [1.82, 2.24) is 85.3 Å². The first kappa shape index (κ1) is 102. The lowest BCUT2D eigenvalue weighted by Gasteiger charge is -2.28. The van der Waals surface area contributed by atoms with E-state index in [0.29, 0.717) is 79.7 Å². The number of Topliss-reactive ketones (excluding diaryl/α,β-unsaturated/α-hetero) is 4. The van der Waals surface area contributed by atoms with Crippen molar-refractivity contribution < 1.29 is 67.7 Å². The minimum atomic E-state index is -0.725. The molecule has 0 radical (unpaired) electrons. The van der Waals surface area contributed by atoms with Gasteiger partial charge in [-0.2, -0.15) is 10.1 Å². The quantitative estimate of drug-likeness (QED) is 0.0261. The maximum Gasteiger partial charge on any atom is 0.239 e. The number of amides is 4. The zero-order valence-corrected chi connectivity index (χ0v) is 83.7. The van der Waals surface area contributed by atoms with Crippen molar-refractivity contribution in [2.24, 2.45) is 23.7 Å². The van der Waals surface area contributed by atoms with Gasteiger partial charge >= 0.3 is 0 Å². The summed E-state index contributed by atoms with van der Waals surface area (Å²) in [6.07, 6.45) is 1.78. The summed E-state index contributed by atoms with van der Waals surface area (Å²) in [5.74, 6) is -1.11. The van der Waals surface area contributed by atoms with E-state index in [1.807, 2.05) is 161 Å². The summed E-state index contributed by atoms with van der Waals surface area (Å²) in [4.78, 5) is 143. The third kappa shape index (κ3) is 25.2. The van der Waals surface area contributed by atoms with Gasteiger partial charge in [0.25, 0.3) is 0 Å². The van der Waals surface area contributed by atoms with Gasteiger partial charge in [0.1, 0.15) is 33.6 Å². The van der Waals surface area contributed by atoms with E-state index in [1.54, 1.807) is 75.9 Å². The van der Waals surface area contributed by atoms with E-state index < -0.39 is 72.3 Å². The number of hydrogen-bond acceptors (Lipinski definition) is 31. The van der Waals surface area contributed by atoms with Gasteiger partial charge in [-0.1, -0.05) is 158 Å². The molecule has 0 aliphatic carbocycles. The van der Waals surface area contributed by atoms with E-state index in [1.165, 1.54) is 21.1 Å². The first-order valence-electron chi connectivity index (χ1n) is 46.3. The second kappa shape index (κ2) is 46.3. The first-order valence-corrected chi connectivity index (χ1v) is 50.6. The van der Waals surface area contributed by atoms with E-state index >= 15 is 0 Å². The van der Waals surface area contributed by atoms with Crippen molar-refractivity contribution in [3.8, 4) is 41.8 Å². The molecule has 8 aromatic heterocycles. The average molecular weight is 1950 g/mol. The lowest BCUT2D eigenvalue weighted by molar-refractivity contribution is -0.140. The van der Waals surface area contributed by atoms with Crippen LogP contribution in [-0.2, 0) is 64.0 Å². The molecule has 12 atom stereocenters. The Labute approximate surface area is 811 Å². The number of H-pyrrole nitrogens is 1. The van der Waals surface area contributed by atoms with Crippen LogP contribution in [0.25, 0.3) is 41.8 Å². The first-order chi connectivity index (χ1) is 65.0. The predicted octanol–water partition coefficient (Wildman–Crippen LogP) is 15.1. The number of ketones is 4. The van der Waals surface area contributed by atoms with E-state index in [9.17, 15) is 58.8 Å². The normalized spacial score (nSPS) is 19.1. The van der Waals surface area contributed by atoms with Crippen molar-refractivity contribution in [1.29, 1.82) is 0 Å². The molecule has 4 amide bonds. The number of nitrogens with zero attached hydrogens (tertiary/aromatic N) is 16. The Hall–Kier alpha value is -11.2. The van der Waals surface area contributed by atoms with Gasteiger partial charge in [0.15, 0.2) is 34.8 Å². The summed E-state index contributed by atoms with van der Waals surface area (Å²) < 4.78 is 10.8. The number of nitrogens with one attached hydrogen (secondary N) is 1. The number of aromatic amines is 1. The second-order valence-electron chi connectivity index (χ2n) is 37.0. The molecule has 136 heavy (non-hydrogen) atoms. The Morgan fingerprint density at radius 1 is 0.390 bits per heavy atom. The molecule has 16 rings (SSSR count). The molecular formula is C100H121N17O14S5. The SMILES string of the molecule is Cc1nc([C@H](C(=O)N2C[C@H](O)C[C@H]2C(=O)CCc2ccc(-c3scnc3C)cc2)C(C)C)n[nH]1.Cc1nnc([C@H](C(=O)N2C[C@H](O)C[C@H]2C(=O)CCc2ccc(-c3scnc3C)cc2)C(C)C)o1.Cc1nnc([C@H](C(=O)N2C[C@H](O)C[C@H]2C(=O)CCc2ccc(-c3scnc3C)cc2)C(C)C)s1.Cc1noc([C@H](C(=O)N2C[C@H](O)C[C@H]2C(=O)CCc2ccc(-c3scnc3C)cc2)C(C)C)n1. The van der Waals surface area contributed by atoms with Crippen LogP contribution in [0.4, 0.5) is 0 Å². The summed E-state index contributed by atoms with van der Waals surface area (Å²) in [6, 6.07) is 30.2. The summed E-state index contributed by atoms with van der Waals surface area (Å²) >= 11 is 7.86. The number of rotatable bonds is 32. The molecule has 36 heteroatoms. The minimum Gasteiger partial charge on any atom is -0.425 e. The summed E-state index contributed by atoms with van der Waals surface area (Å²) in [6.45, 7) is 31.0. The highest BCUT2D eigenvalue weighted by atomic mass is 32.1. The number of hydrogen-bond donors (Lipinski definition) is 5. The number of aromatic nitrogens is 13. The number of likely N-dealkylation sites (tertiary alicyclic amines) is 4. The largest absolute Gasteiger partial charge is 0.425 e. The minimum absolute atomic E-state index is 0.00837. The summed E-state index contributed by atoms with van der Waals surface area (Å²) in [5, 5.41) is 69.6. The lowest BCUT2D eigenvalue weighted by Crippen LogP contribution is -2.44. The molecule has 31 nitrogen and oxygen atoms in total. The number of aryl methyl sites for hydroxylation is 12. The molecule has 720 valence electrons. The van der Waals surface area contributed by atoms with Crippen LogP contribution < -0.4 is 0 Å². The van der Waals surface area contributed by atoms with Crippen LogP contribution in [0.5, 0.6) is 0 Å². The van der Waals surface area contributed by atoms with E-state index in [4.69, 9.17) is 8.94 Å². The van der Waals surface area contributed by atoms with Gasteiger partial charge in [-0.25, -0.2) is 24.9 Å². The van der Waals surface area contributed by atoms with Crippen LogP contribution in [-0.4, -0.2) is 227 Å². The number of aliphatic hydroxyl groups is 4. The third-order valence-electron chi connectivity index (χ3n) is 25.3. The van der Waals surface area contributed by atoms with Gasteiger partial charge in [-0.3, -0.25) is 43.5 Å². The van der Waals surface area contributed by atoms with Crippen molar-refractivity contribution in [3.05, 3.63) is 209 Å². The summed E-state index contributed by atoms with van der Waals surface area (Å²) in [7, 11) is 0. The number of thiazole rings is 4. The van der Waals surface area contributed by atoms with Crippen molar-refractivity contribution in [2.45, 2.75) is 260 Å². The zero-order chi connectivity index (χ0) is 97.6. The predicted molar refractivity (Wildman–Crippen MR) is 521 cm³/mol. The molecule has 12 heterocycles. The van der Waals surface area contributed by atoms with Crippen molar-refractivity contribution in [2.75, 3.05) is 26.2 Å². The van der Waals surface area contributed by atoms with E-state index in [2.05, 4.69) is 114 Å². The maximum atomic E-state index is 13.5. The van der Waals surface area contributed by atoms with Gasteiger partial charge < -0.3 is 49.0 Å². The maximum absolute atomic E-state index is 13.5. The fraction of sp³-hybridized carbons (Fsp3) is 0.480. The molecule has 0 saturated carbocycles. The van der Waals surface area contributed by atoms with Gasteiger partial charge in [0.2, 0.25) is 41.3 Å². The van der Waals surface area contributed by atoms with Gasteiger partial charge in [0.05, 0.1) is 119 Å². The number of benzene rings is 4. The number of aliphatic hydroxyl groups excluding tert-OH is 4. The Bertz CT molecular complexity index is 5350. The highest BCUT2D eigenvalue weighted by Gasteiger charge is 2.48. The van der Waals surface area contributed by atoms with Gasteiger partial charge in [-0.15, -0.1) is 77.1 Å². The van der Waals surface area contributed by atoms with Crippen molar-refractivity contribution in [3.63, 3.8) is 0 Å². The molecule has 4 fully saturated rings. The average Bonchev–Trinajstić information content (AvgIpc) is 1.64. The molecule has 4 aliphatic rings. The van der Waals surface area contributed by atoms with Crippen LogP contribution in [0.15, 0.2) is 128 Å². The van der Waals surface area contributed by atoms with E-state index in [-0.39, 0.29) is 134 Å². The fourth-order valence-corrected chi connectivity index (χ4v) is 22.3. The highest BCUT2D eigenvalue weighted by molar-refractivity contribution is 7.14. The van der Waals surface area contributed by atoms with Gasteiger partial charge in [0, 0.05) is 84.5 Å². The number of β-amino-alcohol motifs (C(OH)–C–C–N with tert-alkyl or cyclic N) is 4. The van der Waals surface area contributed by atoms with Crippen molar-refractivity contribution >= 4 is 103 Å². The third-order valence-corrected chi connectivity index (χ3v) is 30.1. The van der Waals surface area contributed by atoms with Crippen LogP contribution in [0, 0.1) is 79.1 Å². The molecule has 5 N–H and O–H groups in total. The van der Waals surface area contributed by atoms with Crippen LogP contribution in [0.1, 0.15) is 221 Å². The fourth-order valence-electron chi connectivity index (χ4n) is 18.0. The smallest absolute Gasteiger partial charge is 0.239 e. The second-order valence-corrected chi connectivity index (χ2v) is 41.6. The Balaban J connectivity index is 0.000000153.